The molecule has 1 amide bonds. The van der Waals surface area contributed by atoms with Gasteiger partial charge in [-0.05, 0) is 76.2 Å². The molecule has 0 unspecified atom stereocenters. The summed E-state index contributed by atoms with van der Waals surface area (Å²) in [5.41, 5.74) is -2.68. The van der Waals surface area contributed by atoms with E-state index >= 15 is 0 Å². The van der Waals surface area contributed by atoms with Crippen LogP contribution < -0.4 is 19.1 Å². The van der Waals surface area contributed by atoms with E-state index in [4.69, 9.17) is 4.74 Å². The van der Waals surface area contributed by atoms with Gasteiger partial charge >= 0.3 is 12.3 Å². The highest BCUT2D eigenvalue weighted by Crippen LogP contribution is 2.38. The maximum Gasteiger partial charge on any atom is 0.427 e. The van der Waals surface area contributed by atoms with Crippen molar-refractivity contribution in [2.45, 2.75) is 49.8 Å². The maximum atomic E-state index is 13.2. The Kier molecular flexibility index (Phi) is 10.5. The Morgan fingerprint density at radius 1 is 1.02 bits per heavy atom. The lowest BCUT2D eigenvalue weighted by Gasteiger charge is -2.31. The molecule has 9 nitrogen and oxygen atoms in total. The van der Waals surface area contributed by atoms with Crippen molar-refractivity contribution < 1.29 is 40.2 Å². The number of nitrogens with one attached hydrogen (secondary N) is 2. The zero-order chi connectivity index (χ0) is 29.6. The summed E-state index contributed by atoms with van der Waals surface area (Å²) < 4.78 is 94.3. The van der Waals surface area contributed by atoms with E-state index in [-0.39, 0.29) is 35.2 Å². The highest BCUT2D eigenvalue weighted by Gasteiger charge is 2.51. The second kappa shape index (κ2) is 13.3. The molecule has 0 saturated carbocycles. The first-order chi connectivity index (χ1) is 18.7. The van der Waals surface area contributed by atoms with E-state index < -0.39 is 33.7 Å². The summed E-state index contributed by atoms with van der Waals surface area (Å²) in [7, 11) is -2.12. The smallest absolute Gasteiger partial charge is 0.427 e. The van der Waals surface area contributed by atoms with Gasteiger partial charge in [0, 0.05) is 30.9 Å². The Balaban J connectivity index is 0.000000415. The van der Waals surface area contributed by atoms with Crippen molar-refractivity contribution in [3.8, 4) is 5.75 Å². The molecule has 4 rings (SSSR count). The Morgan fingerprint density at radius 2 is 1.68 bits per heavy atom. The van der Waals surface area contributed by atoms with Crippen LogP contribution in [0.1, 0.15) is 33.1 Å². The number of nitrogens with zero attached hydrogens (tertiary/aromatic N) is 2. The zero-order valence-electron chi connectivity index (χ0n) is 22.3. The van der Waals surface area contributed by atoms with E-state index in [0.717, 1.165) is 28.6 Å². The number of carbonyl (C=O) groups excluding carboxylic acids is 1. The fraction of sp³-hybridized carbons (Fsp3) is 0.480. The number of hydrogen-bond donors (Lipinski definition) is 2. The number of fused-ring (bicyclic) bond motifs is 1. The van der Waals surface area contributed by atoms with Crippen LogP contribution in [-0.2, 0) is 14.8 Å². The quantitative estimate of drug-likeness (QED) is 0.325. The van der Waals surface area contributed by atoms with E-state index in [0.29, 0.717) is 13.8 Å². The van der Waals surface area contributed by atoms with Crippen molar-refractivity contribution >= 4 is 39.6 Å². The van der Waals surface area contributed by atoms with Gasteiger partial charge in [0.15, 0.2) is 0 Å². The second-order valence-corrected chi connectivity index (χ2v) is 12.3. The molecule has 1 saturated heterocycles. The van der Waals surface area contributed by atoms with Gasteiger partial charge in [0.05, 0.1) is 17.1 Å². The lowest BCUT2D eigenvalue weighted by molar-refractivity contribution is -0.242. The van der Waals surface area contributed by atoms with Crippen molar-refractivity contribution in [3.63, 3.8) is 0 Å². The van der Waals surface area contributed by atoms with Crippen LogP contribution in [0, 0.1) is 5.82 Å². The fourth-order valence-corrected chi connectivity index (χ4v) is 5.92. The standard InChI is InChI=1S/C19H18F4N2O5S.C6H14N2S/c1-18(2,19(21,22)23)30-17(26)24-13-5-8-16-15(11-13)25(9-10-29-16)31(27,28)14-6-3-12(20)4-7-14;1-7-9-8-5-3-2-4-6-8/h3-8,11H,9-10H2,1-2H3,(H,24,26);7H,2-6H2,1H3. The summed E-state index contributed by atoms with van der Waals surface area (Å²) in [5.74, 6) is -0.417. The number of sulfonamides is 1. The molecule has 1 fully saturated rings. The molecular weight excluding hydrogens is 576 g/mol. The number of halogens is 4. The van der Waals surface area contributed by atoms with Gasteiger partial charge in [-0.1, -0.05) is 6.42 Å². The SMILES string of the molecule is CC(C)(OC(=O)Nc1ccc2c(c1)N(S(=O)(=O)c1ccc(F)cc1)CCO2)C(F)(F)F.CNSN1CCCCC1. The van der Waals surface area contributed by atoms with E-state index in [1.807, 2.05) is 7.05 Å². The molecule has 2 heterocycles. The van der Waals surface area contributed by atoms with Crippen LogP contribution in [0.3, 0.4) is 0 Å². The van der Waals surface area contributed by atoms with E-state index in [1.54, 1.807) is 12.1 Å². The van der Waals surface area contributed by atoms with Crippen molar-refractivity contribution in [2.75, 3.05) is 42.9 Å². The number of piperidine rings is 1. The van der Waals surface area contributed by atoms with Crippen LogP contribution in [-0.4, -0.2) is 63.9 Å². The molecule has 0 atom stereocenters. The van der Waals surface area contributed by atoms with E-state index in [2.05, 4.69) is 19.1 Å². The lowest BCUT2D eigenvalue weighted by Crippen LogP contribution is -2.44. The molecule has 40 heavy (non-hydrogen) atoms. The third kappa shape index (κ3) is 8.15. The van der Waals surface area contributed by atoms with Crippen molar-refractivity contribution in [2.24, 2.45) is 0 Å². The number of rotatable bonds is 6. The van der Waals surface area contributed by atoms with Crippen molar-refractivity contribution in [1.29, 1.82) is 0 Å². The van der Waals surface area contributed by atoms with Crippen LogP contribution in [0.15, 0.2) is 47.4 Å². The summed E-state index contributed by atoms with van der Waals surface area (Å²) in [5, 5.41) is 2.15. The Hall–Kier alpha value is -2.75. The normalized spacial score (nSPS) is 16.2. The van der Waals surface area contributed by atoms with Gasteiger partial charge in [-0.2, -0.15) is 13.2 Å². The summed E-state index contributed by atoms with van der Waals surface area (Å²) in [6.45, 7) is 3.88. The minimum absolute atomic E-state index is 0.00784. The fourth-order valence-electron chi connectivity index (χ4n) is 3.77. The van der Waals surface area contributed by atoms with Gasteiger partial charge in [0.2, 0.25) is 5.60 Å². The highest BCUT2D eigenvalue weighted by molar-refractivity contribution is 7.95. The molecular formula is C25H32F4N4O5S2. The number of benzene rings is 2. The minimum Gasteiger partial charge on any atom is -0.489 e. The Bertz CT molecular complexity index is 1250. The largest absolute Gasteiger partial charge is 0.489 e. The van der Waals surface area contributed by atoms with Gasteiger partial charge in [0.1, 0.15) is 18.2 Å². The number of anilines is 2. The van der Waals surface area contributed by atoms with Crippen molar-refractivity contribution in [1.82, 2.24) is 9.03 Å². The number of alkyl halides is 3. The molecule has 2 aromatic rings. The molecule has 2 aromatic carbocycles. The Labute approximate surface area is 235 Å². The first-order valence-electron chi connectivity index (χ1n) is 12.4. The van der Waals surface area contributed by atoms with Crippen LogP contribution in [0.4, 0.5) is 33.7 Å². The number of ether oxygens (including phenoxy) is 2. The Morgan fingerprint density at radius 3 is 2.27 bits per heavy atom. The predicted molar refractivity (Wildman–Crippen MR) is 145 cm³/mol. The third-order valence-corrected chi connectivity index (χ3v) is 8.63. The molecule has 0 spiro atoms. The topological polar surface area (TPSA) is 100 Å². The number of hydrogen-bond acceptors (Lipinski definition) is 8. The van der Waals surface area contributed by atoms with Gasteiger partial charge in [-0.25, -0.2) is 21.9 Å². The highest BCUT2D eigenvalue weighted by atomic mass is 32.2. The van der Waals surface area contributed by atoms with Gasteiger partial charge in [-0.3, -0.25) is 14.3 Å². The number of carbonyl (C=O) groups is 1. The maximum absolute atomic E-state index is 13.2. The minimum atomic E-state index is -4.78. The molecule has 0 bridgehead atoms. The van der Waals surface area contributed by atoms with Crippen molar-refractivity contribution in [3.05, 3.63) is 48.3 Å². The molecule has 2 aliphatic heterocycles. The first-order valence-corrected chi connectivity index (χ1v) is 14.7. The molecule has 0 radical (unpaired) electrons. The summed E-state index contributed by atoms with van der Waals surface area (Å²) >= 11 is 1.74. The molecule has 0 aliphatic carbocycles. The summed E-state index contributed by atoms with van der Waals surface area (Å²) in [4.78, 5) is 11.8. The molecule has 2 aliphatic rings. The first kappa shape index (κ1) is 31.8. The molecule has 0 aromatic heterocycles. The van der Waals surface area contributed by atoms with Crippen LogP contribution in [0.2, 0.25) is 0 Å². The average molecular weight is 609 g/mol. The monoisotopic (exact) mass is 608 g/mol. The van der Waals surface area contributed by atoms with Gasteiger partial charge < -0.3 is 9.47 Å². The lowest BCUT2D eigenvalue weighted by atomic mass is 10.1. The molecule has 15 heteroatoms. The molecule has 222 valence electrons. The van der Waals surface area contributed by atoms with E-state index in [9.17, 15) is 30.8 Å². The van der Waals surface area contributed by atoms with Gasteiger partial charge in [0.25, 0.3) is 10.0 Å². The van der Waals surface area contributed by atoms with Gasteiger partial charge in [-0.15, -0.1) is 0 Å². The predicted octanol–water partition coefficient (Wildman–Crippen LogP) is 5.56. The average Bonchev–Trinajstić information content (AvgIpc) is 2.89. The number of amides is 1. The zero-order valence-corrected chi connectivity index (χ0v) is 23.9. The van der Waals surface area contributed by atoms with Crippen LogP contribution >= 0.6 is 12.1 Å². The van der Waals surface area contributed by atoms with E-state index in [1.165, 1.54) is 50.6 Å². The summed E-state index contributed by atoms with van der Waals surface area (Å²) in [6.07, 6.45) is -2.00. The second-order valence-electron chi connectivity index (χ2n) is 9.37. The van der Waals surface area contributed by atoms with Crippen LogP contribution in [0.5, 0.6) is 5.75 Å². The molecule has 2 N–H and O–H groups in total. The van der Waals surface area contributed by atoms with Crippen LogP contribution in [0.25, 0.3) is 0 Å². The summed E-state index contributed by atoms with van der Waals surface area (Å²) in [6, 6.07) is 8.16. The third-order valence-electron chi connectivity index (χ3n) is 5.99.